The van der Waals surface area contributed by atoms with Gasteiger partial charge in [-0.05, 0) is 37.1 Å². The van der Waals surface area contributed by atoms with Gasteiger partial charge in [0.25, 0.3) is 0 Å². The van der Waals surface area contributed by atoms with E-state index in [1.165, 1.54) is 6.33 Å². The van der Waals surface area contributed by atoms with E-state index in [0.29, 0.717) is 53.5 Å². The molecule has 0 aliphatic carbocycles. The van der Waals surface area contributed by atoms with Gasteiger partial charge in [-0.2, -0.15) is 0 Å². The zero-order valence-electron chi connectivity index (χ0n) is 17.3. The zero-order valence-corrected chi connectivity index (χ0v) is 17.3. The molecule has 4 rings (SSSR count). The topological polar surface area (TPSA) is 119 Å². The summed E-state index contributed by atoms with van der Waals surface area (Å²) in [6, 6.07) is 7.06. The van der Waals surface area contributed by atoms with Crippen LogP contribution in [0, 0.1) is 0 Å². The van der Waals surface area contributed by atoms with Crippen molar-refractivity contribution in [2.75, 3.05) is 38.9 Å². The number of rotatable bonds is 9. The molecule has 3 heterocycles. The molecule has 1 aliphatic rings. The summed E-state index contributed by atoms with van der Waals surface area (Å²) >= 11 is 0. The number of aromatic nitrogens is 3. The summed E-state index contributed by atoms with van der Waals surface area (Å²) in [7, 11) is 1.62. The average molecular weight is 426 g/mol. The lowest BCUT2D eigenvalue weighted by Gasteiger charge is -2.29. The SMILES string of the molecule is COCCOc1ccc(C(=O)c2c[nH]c3ncnc(N[C@H]4CC[C@@H](CO)OC4)c23)cc1. The van der Waals surface area contributed by atoms with Crippen LogP contribution in [0.5, 0.6) is 5.75 Å². The van der Waals surface area contributed by atoms with E-state index < -0.39 is 0 Å². The molecule has 0 spiro atoms. The van der Waals surface area contributed by atoms with E-state index in [1.54, 1.807) is 37.6 Å². The maximum absolute atomic E-state index is 13.2. The van der Waals surface area contributed by atoms with Gasteiger partial charge in [0.1, 0.15) is 30.1 Å². The van der Waals surface area contributed by atoms with Gasteiger partial charge in [0, 0.05) is 18.9 Å². The second-order valence-electron chi connectivity index (χ2n) is 7.40. The summed E-state index contributed by atoms with van der Waals surface area (Å²) in [5, 5.41) is 13.3. The molecule has 31 heavy (non-hydrogen) atoms. The highest BCUT2D eigenvalue weighted by atomic mass is 16.5. The smallest absolute Gasteiger partial charge is 0.195 e. The van der Waals surface area contributed by atoms with Crippen LogP contribution in [0.1, 0.15) is 28.8 Å². The molecule has 1 saturated heterocycles. The van der Waals surface area contributed by atoms with Crippen molar-refractivity contribution >= 4 is 22.6 Å². The van der Waals surface area contributed by atoms with Gasteiger partial charge in [0.05, 0.1) is 42.9 Å². The van der Waals surface area contributed by atoms with Crippen molar-refractivity contribution in [3.63, 3.8) is 0 Å². The number of hydrogen-bond donors (Lipinski definition) is 3. The molecule has 3 N–H and O–H groups in total. The van der Waals surface area contributed by atoms with Crippen molar-refractivity contribution in [1.29, 1.82) is 0 Å². The number of carbonyl (C=O) groups excluding carboxylic acids is 1. The number of aromatic amines is 1. The van der Waals surface area contributed by atoms with E-state index in [2.05, 4.69) is 20.3 Å². The first-order valence-corrected chi connectivity index (χ1v) is 10.3. The van der Waals surface area contributed by atoms with Crippen molar-refractivity contribution in [3.8, 4) is 5.75 Å². The molecule has 0 unspecified atom stereocenters. The number of methoxy groups -OCH3 is 1. The Morgan fingerprint density at radius 2 is 2.10 bits per heavy atom. The minimum Gasteiger partial charge on any atom is -0.491 e. The normalized spacial score (nSPS) is 18.8. The summed E-state index contributed by atoms with van der Waals surface area (Å²) < 4.78 is 16.2. The Labute approximate surface area is 179 Å². The molecular formula is C22H26N4O5. The Balaban J connectivity index is 1.53. The number of nitrogens with zero attached hydrogens (tertiary/aromatic N) is 2. The number of ketones is 1. The number of fused-ring (bicyclic) bond motifs is 1. The number of aliphatic hydroxyl groups is 1. The Morgan fingerprint density at radius 1 is 1.26 bits per heavy atom. The molecule has 0 bridgehead atoms. The third-order valence-corrected chi connectivity index (χ3v) is 5.30. The third kappa shape index (κ3) is 4.84. The maximum atomic E-state index is 13.2. The Bertz CT molecular complexity index is 1010. The van der Waals surface area contributed by atoms with Crippen molar-refractivity contribution in [2.45, 2.75) is 25.0 Å². The van der Waals surface area contributed by atoms with Crippen molar-refractivity contribution in [3.05, 3.63) is 47.9 Å². The van der Waals surface area contributed by atoms with Gasteiger partial charge in [-0.3, -0.25) is 4.79 Å². The van der Waals surface area contributed by atoms with Crippen molar-refractivity contribution in [1.82, 2.24) is 15.0 Å². The molecule has 2 aromatic heterocycles. The minimum absolute atomic E-state index is 0.0249. The highest BCUT2D eigenvalue weighted by molar-refractivity contribution is 6.18. The lowest BCUT2D eigenvalue weighted by atomic mass is 10.0. The summed E-state index contributed by atoms with van der Waals surface area (Å²) in [6.45, 7) is 1.44. The highest BCUT2D eigenvalue weighted by Gasteiger charge is 2.24. The van der Waals surface area contributed by atoms with Gasteiger partial charge in [-0.15, -0.1) is 0 Å². The fourth-order valence-electron chi connectivity index (χ4n) is 3.61. The number of H-pyrrole nitrogens is 1. The first kappa shape index (κ1) is 21.2. The number of aliphatic hydroxyl groups excluding tert-OH is 1. The summed E-state index contributed by atoms with van der Waals surface area (Å²) in [6.07, 6.45) is 4.61. The standard InChI is InChI=1S/C22H26N4O5/c1-29-8-9-30-16-5-2-14(3-6-16)20(28)18-10-23-21-19(18)22(25-13-24-21)26-15-4-7-17(11-27)31-12-15/h2-3,5-6,10,13,15,17,27H,4,7-9,11-12H2,1H3,(H2,23,24,25,26)/t15-,17-/m0/s1. The van der Waals surface area contributed by atoms with Crippen LogP contribution in [-0.2, 0) is 9.47 Å². The van der Waals surface area contributed by atoms with E-state index >= 15 is 0 Å². The fraction of sp³-hybridized carbons (Fsp3) is 0.409. The summed E-state index contributed by atoms with van der Waals surface area (Å²) in [4.78, 5) is 24.9. The van der Waals surface area contributed by atoms with Crippen molar-refractivity contribution < 1.29 is 24.1 Å². The van der Waals surface area contributed by atoms with Crippen LogP contribution in [0.3, 0.4) is 0 Å². The van der Waals surface area contributed by atoms with Crippen LogP contribution in [0.15, 0.2) is 36.8 Å². The van der Waals surface area contributed by atoms with Gasteiger partial charge in [0.15, 0.2) is 5.78 Å². The van der Waals surface area contributed by atoms with Gasteiger partial charge in [0.2, 0.25) is 0 Å². The van der Waals surface area contributed by atoms with Gasteiger partial charge >= 0.3 is 0 Å². The zero-order chi connectivity index (χ0) is 21.6. The number of benzene rings is 1. The molecular weight excluding hydrogens is 400 g/mol. The van der Waals surface area contributed by atoms with Gasteiger partial charge < -0.3 is 29.6 Å². The van der Waals surface area contributed by atoms with Gasteiger partial charge in [-0.1, -0.05) is 0 Å². The number of nitrogens with one attached hydrogen (secondary N) is 2. The molecule has 1 fully saturated rings. The Hall–Kier alpha value is -3.01. The average Bonchev–Trinajstić information content (AvgIpc) is 3.25. The van der Waals surface area contributed by atoms with Crippen LogP contribution in [0.4, 0.5) is 5.82 Å². The first-order valence-electron chi connectivity index (χ1n) is 10.3. The van der Waals surface area contributed by atoms with E-state index in [1.807, 2.05) is 0 Å². The quantitative estimate of drug-likeness (QED) is 0.352. The monoisotopic (exact) mass is 426 g/mol. The predicted octanol–water partition coefficient (Wildman–Crippen LogP) is 2.17. The van der Waals surface area contributed by atoms with Crippen LogP contribution in [0.25, 0.3) is 11.0 Å². The van der Waals surface area contributed by atoms with E-state index in [0.717, 1.165) is 12.8 Å². The summed E-state index contributed by atoms with van der Waals surface area (Å²) in [5.41, 5.74) is 1.63. The molecule has 0 saturated carbocycles. The molecule has 9 nitrogen and oxygen atoms in total. The molecule has 0 radical (unpaired) electrons. The predicted molar refractivity (Wildman–Crippen MR) is 115 cm³/mol. The van der Waals surface area contributed by atoms with Crippen LogP contribution in [-0.4, -0.2) is 71.5 Å². The molecule has 1 aliphatic heterocycles. The van der Waals surface area contributed by atoms with E-state index in [-0.39, 0.29) is 24.5 Å². The van der Waals surface area contributed by atoms with Crippen LogP contribution < -0.4 is 10.1 Å². The highest BCUT2D eigenvalue weighted by Crippen LogP contribution is 2.28. The number of carbonyl (C=O) groups is 1. The van der Waals surface area contributed by atoms with Gasteiger partial charge in [-0.25, -0.2) is 9.97 Å². The molecule has 164 valence electrons. The largest absolute Gasteiger partial charge is 0.491 e. The molecule has 9 heteroatoms. The number of ether oxygens (including phenoxy) is 3. The van der Waals surface area contributed by atoms with Crippen LogP contribution in [0.2, 0.25) is 0 Å². The third-order valence-electron chi connectivity index (χ3n) is 5.30. The fourth-order valence-corrected chi connectivity index (χ4v) is 3.61. The van der Waals surface area contributed by atoms with Crippen molar-refractivity contribution in [2.24, 2.45) is 0 Å². The first-order chi connectivity index (χ1) is 15.2. The minimum atomic E-state index is -0.132. The van der Waals surface area contributed by atoms with Crippen LogP contribution >= 0.6 is 0 Å². The lowest BCUT2D eigenvalue weighted by Crippen LogP contribution is -2.36. The van der Waals surface area contributed by atoms with E-state index in [4.69, 9.17) is 14.2 Å². The Morgan fingerprint density at radius 3 is 2.81 bits per heavy atom. The lowest BCUT2D eigenvalue weighted by molar-refractivity contribution is -0.0224. The second-order valence-corrected chi connectivity index (χ2v) is 7.40. The molecule has 1 aromatic carbocycles. The second kappa shape index (κ2) is 9.86. The maximum Gasteiger partial charge on any atom is 0.195 e. The number of anilines is 1. The Kier molecular flexibility index (Phi) is 6.76. The molecule has 3 aromatic rings. The molecule has 2 atom stereocenters. The number of hydrogen-bond acceptors (Lipinski definition) is 8. The molecule has 0 amide bonds. The summed E-state index contributed by atoms with van der Waals surface area (Å²) in [5.74, 6) is 1.13. The van der Waals surface area contributed by atoms with E-state index in [9.17, 15) is 9.90 Å².